The number of hydrogen-bond donors (Lipinski definition) is 0. The van der Waals surface area contributed by atoms with E-state index in [9.17, 15) is 0 Å². The zero-order chi connectivity index (χ0) is 37.4. The molecule has 4 nitrogen and oxygen atoms in total. The van der Waals surface area contributed by atoms with E-state index in [1.54, 1.807) is 0 Å². The van der Waals surface area contributed by atoms with Crippen LogP contribution in [0.2, 0.25) is 0 Å². The molecule has 0 aliphatic heterocycles. The molecular formula is C44H58N4S3. The standard InChI is InChI=1S/C44H58N4S3/c1-39(2,3)31-27-16-15-23-46-38(27)51-36(31)43(11,12)21-19-41(7,8)32-28-26-45-24-17-29(28)49-37(32)44(13,14)22-20-42(9,10)33-34-30(18-25-47-48-34)50-35(33)40(4,5)6/h15-18,23-26H,19-22H2,1-14H3. The molecule has 0 unspecified atom stereocenters. The van der Waals surface area contributed by atoms with Crippen LogP contribution in [0.15, 0.2) is 49.1 Å². The first-order valence-electron chi connectivity index (χ1n) is 18.6. The first-order valence-corrected chi connectivity index (χ1v) is 21.0. The van der Waals surface area contributed by atoms with E-state index in [0.717, 1.165) is 36.0 Å². The van der Waals surface area contributed by atoms with Crippen LogP contribution >= 0.6 is 34.0 Å². The Labute approximate surface area is 318 Å². The molecule has 6 rings (SSSR count). The summed E-state index contributed by atoms with van der Waals surface area (Å²) in [5.74, 6) is 0. The van der Waals surface area contributed by atoms with E-state index in [1.165, 1.54) is 51.5 Å². The maximum absolute atomic E-state index is 4.80. The topological polar surface area (TPSA) is 51.6 Å². The third-order valence-electron chi connectivity index (χ3n) is 11.1. The van der Waals surface area contributed by atoms with Crippen molar-refractivity contribution in [3.63, 3.8) is 0 Å². The van der Waals surface area contributed by atoms with Crippen LogP contribution in [0, 0.1) is 0 Å². The maximum atomic E-state index is 4.80. The number of hydrogen-bond acceptors (Lipinski definition) is 7. The third-order valence-corrected chi connectivity index (χ3v) is 15.7. The molecule has 0 radical (unpaired) electrons. The molecule has 6 aromatic rings. The van der Waals surface area contributed by atoms with Crippen molar-refractivity contribution in [3.05, 3.63) is 80.4 Å². The van der Waals surface area contributed by atoms with Gasteiger partial charge in [0.05, 0.1) is 10.9 Å². The van der Waals surface area contributed by atoms with Gasteiger partial charge in [-0.1, -0.05) is 103 Å². The Morgan fingerprint density at radius 1 is 0.510 bits per heavy atom. The molecule has 0 aliphatic rings. The molecule has 0 amide bonds. The molecule has 0 spiro atoms. The summed E-state index contributed by atoms with van der Waals surface area (Å²) in [5.41, 5.74) is 5.37. The molecule has 6 heterocycles. The Kier molecular flexibility index (Phi) is 9.67. The Morgan fingerprint density at radius 2 is 1.08 bits per heavy atom. The number of pyridine rings is 2. The Morgan fingerprint density at radius 3 is 1.71 bits per heavy atom. The summed E-state index contributed by atoms with van der Waals surface area (Å²) in [6.45, 7) is 33.7. The fourth-order valence-corrected chi connectivity index (χ4v) is 12.3. The van der Waals surface area contributed by atoms with Crippen LogP contribution < -0.4 is 0 Å². The molecule has 0 aromatic carbocycles. The molecule has 0 saturated heterocycles. The summed E-state index contributed by atoms with van der Waals surface area (Å²) in [4.78, 5) is 15.1. The highest BCUT2D eigenvalue weighted by Crippen LogP contribution is 2.52. The first kappa shape index (κ1) is 38.0. The molecule has 0 aliphatic carbocycles. The number of fused-ring (bicyclic) bond motifs is 3. The van der Waals surface area contributed by atoms with Crippen molar-refractivity contribution in [3.8, 4) is 0 Å². The molecule has 272 valence electrons. The predicted molar refractivity (Wildman–Crippen MR) is 225 cm³/mol. The van der Waals surface area contributed by atoms with Crippen LogP contribution in [-0.2, 0) is 32.5 Å². The van der Waals surface area contributed by atoms with Gasteiger partial charge in [-0.15, -0.1) is 39.1 Å². The number of thiophene rings is 3. The second-order valence-corrected chi connectivity index (χ2v) is 22.5. The van der Waals surface area contributed by atoms with E-state index in [2.05, 4.69) is 137 Å². The van der Waals surface area contributed by atoms with Crippen molar-refractivity contribution in [1.29, 1.82) is 0 Å². The second kappa shape index (κ2) is 13.0. The molecule has 0 bridgehead atoms. The third kappa shape index (κ3) is 7.16. The first-order chi connectivity index (χ1) is 23.5. The van der Waals surface area contributed by atoms with Crippen molar-refractivity contribution >= 4 is 64.5 Å². The van der Waals surface area contributed by atoms with Crippen LogP contribution in [-0.4, -0.2) is 20.2 Å². The Hall–Kier alpha value is -2.74. The normalized spacial score (nSPS) is 14.0. The summed E-state index contributed by atoms with van der Waals surface area (Å²) in [5, 5.41) is 11.7. The lowest BCUT2D eigenvalue weighted by atomic mass is 9.68. The lowest BCUT2D eigenvalue weighted by Crippen LogP contribution is -2.30. The van der Waals surface area contributed by atoms with Crippen molar-refractivity contribution in [1.82, 2.24) is 20.2 Å². The SMILES string of the molecule is CC(C)(C)c1sc2ccnnc2c1C(C)(C)CCC(C)(C)c1sc2ccncc2c1C(C)(C)CCC(C)(C)c1sc2ncccc2c1C(C)(C)C. The largest absolute Gasteiger partial charge is 0.264 e. The van der Waals surface area contributed by atoms with E-state index >= 15 is 0 Å². The quantitative estimate of drug-likeness (QED) is 0.140. The zero-order valence-corrected chi connectivity index (χ0v) is 35.9. The van der Waals surface area contributed by atoms with Gasteiger partial charge in [0.1, 0.15) is 10.3 Å². The van der Waals surface area contributed by atoms with E-state index in [4.69, 9.17) is 10.1 Å². The summed E-state index contributed by atoms with van der Waals surface area (Å²) in [6, 6.07) is 8.71. The minimum absolute atomic E-state index is 0.00595. The average Bonchev–Trinajstić information content (AvgIpc) is 3.76. The van der Waals surface area contributed by atoms with Crippen molar-refractivity contribution in [2.24, 2.45) is 0 Å². The number of aromatic nitrogens is 4. The maximum Gasteiger partial charge on any atom is 0.123 e. The smallest absolute Gasteiger partial charge is 0.123 e. The van der Waals surface area contributed by atoms with Gasteiger partial charge in [-0.2, -0.15) is 5.10 Å². The average molecular weight is 739 g/mol. The van der Waals surface area contributed by atoms with Crippen molar-refractivity contribution in [2.75, 3.05) is 0 Å². The van der Waals surface area contributed by atoms with Gasteiger partial charge in [-0.3, -0.25) is 4.98 Å². The van der Waals surface area contributed by atoms with Crippen LogP contribution in [0.1, 0.15) is 154 Å². The van der Waals surface area contributed by atoms with Crippen molar-refractivity contribution in [2.45, 2.75) is 155 Å². The Bertz CT molecular complexity index is 2190. The summed E-state index contributed by atoms with van der Waals surface area (Å²) in [7, 11) is 0. The van der Waals surface area contributed by atoms with Gasteiger partial charge in [0, 0.05) is 54.3 Å². The van der Waals surface area contributed by atoms with E-state index in [0.29, 0.717) is 0 Å². The highest BCUT2D eigenvalue weighted by atomic mass is 32.1. The minimum Gasteiger partial charge on any atom is -0.264 e. The van der Waals surface area contributed by atoms with E-state index in [-0.39, 0.29) is 32.5 Å². The summed E-state index contributed by atoms with van der Waals surface area (Å²) in [6.07, 6.45) is 12.1. The van der Waals surface area contributed by atoms with Gasteiger partial charge in [0.25, 0.3) is 0 Å². The van der Waals surface area contributed by atoms with Crippen molar-refractivity contribution < 1.29 is 0 Å². The number of nitrogens with zero attached hydrogens (tertiary/aromatic N) is 4. The van der Waals surface area contributed by atoms with Gasteiger partial charge in [-0.25, -0.2) is 4.98 Å². The van der Waals surface area contributed by atoms with Gasteiger partial charge >= 0.3 is 0 Å². The molecular weight excluding hydrogens is 681 g/mol. The van der Waals surface area contributed by atoms with Crippen LogP contribution in [0.25, 0.3) is 30.5 Å². The molecule has 7 heteroatoms. The summed E-state index contributed by atoms with van der Waals surface area (Å²) < 4.78 is 2.58. The molecule has 0 atom stereocenters. The van der Waals surface area contributed by atoms with Gasteiger partial charge < -0.3 is 0 Å². The zero-order valence-electron chi connectivity index (χ0n) is 33.5. The molecule has 6 aromatic heterocycles. The fraction of sp³-hybridized carbons (Fsp3) is 0.545. The monoisotopic (exact) mass is 738 g/mol. The molecule has 0 N–H and O–H groups in total. The minimum atomic E-state index is -0.0595. The molecule has 0 saturated carbocycles. The number of rotatable bonds is 10. The van der Waals surface area contributed by atoms with E-state index < -0.39 is 0 Å². The predicted octanol–water partition coefficient (Wildman–Crippen LogP) is 13.6. The fourth-order valence-electron chi connectivity index (χ4n) is 7.97. The van der Waals surface area contributed by atoms with Gasteiger partial charge in [0.2, 0.25) is 0 Å². The van der Waals surface area contributed by atoms with E-state index in [1.807, 2.05) is 52.6 Å². The highest BCUT2D eigenvalue weighted by molar-refractivity contribution is 7.20. The highest BCUT2D eigenvalue weighted by Gasteiger charge is 2.40. The van der Waals surface area contributed by atoms with Crippen LogP contribution in [0.5, 0.6) is 0 Å². The summed E-state index contributed by atoms with van der Waals surface area (Å²) >= 11 is 5.78. The lowest BCUT2D eigenvalue weighted by molar-refractivity contribution is 0.356. The molecule has 51 heavy (non-hydrogen) atoms. The van der Waals surface area contributed by atoms with Gasteiger partial charge in [0.15, 0.2) is 0 Å². The Balaban J connectivity index is 1.34. The lowest BCUT2D eigenvalue weighted by Gasteiger charge is -2.37. The molecule has 0 fully saturated rings. The van der Waals surface area contributed by atoms with Gasteiger partial charge in [-0.05, 0) is 87.5 Å². The second-order valence-electron chi connectivity index (χ2n) is 19.4. The van der Waals surface area contributed by atoms with Crippen LogP contribution in [0.3, 0.4) is 0 Å². The van der Waals surface area contributed by atoms with Crippen LogP contribution in [0.4, 0.5) is 0 Å².